The maximum atomic E-state index is 6.29. The van der Waals surface area contributed by atoms with Crippen LogP contribution in [0.4, 0.5) is 0 Å². The van der Waals surface area contributed by atoms with Crippen molar-refractivity contribution in [2.75, 3.05) is 26.4 Å². The summed E-state index contributed by atoms with van der Waals surface area (Å²) in [5.74, 6) is 2.11. The minimum Gasteiger partial charge on any atom is -0.381 e. The van der Waals surface area contributed by atoms with Crippen molar-refractivity contribution in [1.82, 2.24) is 5.32 Å². The second-order valence-electron chi connectivity index (χ2n) is 6.64. The van der Waals surface area contributed by atoms with Gasteiger partial charge in [-0.2, -0.15) is 0 Å². The highest BCUT2D eigenvalue weighted by molar-refractivity contribution is 4.89. The van der Waals surface area contributed by atoms with Crippen molar-refractivity contribution in [1.29, 1.82) is 0 Å². The maximum Gasteiger partial charge on any atom is 0.0753 e. The van der Waals surface area contributed by atoms with Crippen molar-refractivity contribution in [2.24, 2.45) is 17.8 Å². The molecule has 19 heavy (non-hydrogen) atoms. The van der Waals surface area contributed by atoms with E-state index in [4.69, 9.17) is 9.47 Å². The molecule has 112 valence electrons. The molecule has 0 bridgehead atoms. The number of ether oxygens (including phenoxy) is 2. The molecule has 0 aromatic rings. The van der Waals surface area contributed by atoms with Gasteiger partial charge >= 0.3 is 0 Å². The fraction of sp³-hybridized carbons (Fsp3) is 1.00. The van der Waals surface area contributed by atoms with Gasteiger partial charge in [0, 0.05) is 18.6 Å². The van der Waals surface area contributed by atoms with Crippen LogP contribution in [-0.2, 0) is 9.47 Å². The highest BCUT2D eigenvalue weighted by atomic mass is 16.5. The first-order valence-corrected chi connectivity index (χ1v) is 8.13. The van der Waals surface area contributed by atoms with E-state index in [1.54, 1.807) is 0 Å². The number of nitrogens with one attached hydrogen (secondary N) is 1. The Balaban J connectivity index is 1.84. The minimum absolute atomic E-state index is 0.392. The van der Waals surface area contributed by atoms with E-state index in [1.807, 2.05) is 0 Å². The second kappa shape index (κ2) is 7.61. The first-order valence-electron chi connectivity index (χ1n) is 8.13. The molecule has 2 aliphatic rings. The van der Waals surface area contributed by atoms with Crippen LogP contribution in [0, 0.1) is 17.8 Å². The lowest BCUT2D eigenvalue weighted by molar-refractivity contribution is -0.0512. The Morgan fingerprint density at radius 2 is 2.11 bits per heavy atom. The molecule has 0 aromatic carbocycles. The fourth-order valence-corrected chi connectivity index (χ4v) is 3.60. The lowest BCUT2D eigenvalue weighted by atomic mass is 9.78. The predicted molar refractivity (Wildman–Crippen MR) is 78.3 cm³/mol. The van der Waals surface area contributed by atoms with Crippen molar-refractivity contribution in [3.63, 3.8) is 0 Å². The molecule has 3 heteroatoms. The van der Waals surface area contributed by atoms with Crippen molar-refractivity contribution < 1.29 is 9.47 Å². The molecule has 1 saturated heterocycles. The first-order chi connectivity index (χ1) is 9.20. The van der Waals surface area contributed by atoms with Gasteiger partial charge in [0.25, 0.3) is 0 Å². The number of rotatable bonds is 6. The van der Waals surface area contributed by atoms with Crippen LogP contribution in [0.1, 0.15) is 46.5 Å². The van der Waals surface area contributed by atoms with Crippen molar-refractivity contribution in [2.45, 2.75) is 58.6 Å². The summed E-state index contributed by atoms with van der Waals surface area (Å²) < 4.78 is 11.7. The number of hydrogen-bond donors (Lipinski definition) is 1. The summed E-state index contributed by atoms with van der Waals surface area (Å²) in [4.78, 5) is 0. The van der Waals surface area contributed by atoms with Gasteiger partial charge in [0.15, 0.2) is 0 Å². The van der Waals surface area contributed by atoms with E-state index in [0.717, 1.165) is 32.3 Å². The van der Waals surface area contributed by atoms with Gasteiger partial charge in [-0.3, -0.25) is 0 Å². The molecule has 3 nitrogen and oxygen atoms in total. The predicted octanol–water partition coefficient (Wildman–Crippen LogP) is 2.84. The SMILES string of the molecule is CCCNC1CC(C)CC(C)C1OCC1CCOC1. The highest BCUT2D eigenvalue weighted by Crippen LogP contribution is 2.31. The summed E-state index contributed by atoms with van der Waals surface area (Å²) in [5.41, 5.74) is 0. The Labute approximate surface area is 118 Å². The van der Waals surface area contributed by atoms with Gasteiger partial charge in [-0.15, -0.1) is 0 Å². The third-order valence-corrected chi connectivity index (χ3v) is 4.59. The zero-order chi connectivity index (χ0) is 13.7. The monoisotopic (exact) mass is 269 g/mol. The van der Waals surface area contributed by atoms with Crippen molar-refractivity contribution in [3.8, 4) is 0 Å². The third kappa shape index (κ3) is 4.44. The average Bonchev–Trinajstić information content (AvgIpc) is 2.88. The molecule has 0 spiro atoms. The Bertz CT molecular complexity index is 253. The zero-order valence-electron chi connectivity index (χ0n) is 12.9. The first kappa shape index (κ1) is 15.3. The fourth-order valence-electron chi connectivity index (χ4n) is 3.60. The molecule has 1 aliphatic heterocycles. The van der Waals surface area contributed by atoms with Crippen molar-refractivity contribution in [3.05, 3.63) is 0 Å². The van der Waals surface area contributed by atoms with Gasteiger partial charge in [-0.05, 0) is 44.1 Å². The van der Waals surface area contributed by atoms with Gasteiger partial charge in [-0.1, -0.05) is 20.8 Å². The molecule has 5 atom stereocenters. The zero-order valence-corrected chi connectivity index (χ0v) is 12.9. The maximum absolute atomic E-state index is 6.29. The van der Waals surface area contributed by atoms with Crippen molar-refractivity contribution >= 4 is 0 Å². The molecule has 1 aliphatic carbocycles. The molecular formula is C16H31NO2. The van der Waals surface area contributed by atoms with Gasteiger partial charge in [-0.25, -0.2) is 0 Å². The van der Waals surface area contributed by atoms with E-state index >= 15 is 0 Å². The normalized spacial score (nSPS) is 39.6. The van der Waals surface area contributed by atoms with E-state index in [9.17, 15) is 0 Å². The van der Waals surface area contributed by atoms with E-state index in [0.29, 0.717) is 24.0 Å². The quantitative estimate of drug-likeness (QED) is 0.804. The summed E-state index contributed by atoms with van der Waals surface area (Å²) in [6.07, 6.45) is 5.32. The molecule has 0 amide bonds. The smallest absolute Gasteiger partial charge is 0.0753 e. The summed E-state index contributed by atoms with van der Waals surface area (Å²) in [6.45, 7) is 10.8. The Morgan fingerprint density at radius 1 is 1.26 bits per heavy atom. The Morgan fingerprint density at radius 3 is 2.79 bits per heavy atom. The molecule has 0 aromatic heterocycles. The lowest BCUT2D eigenvalue weighted by Gasteiger charge is -2.40. The van der Waals surface area contributed by atoms with E-state index in [2.05, 4.69) is 26.1 Å². The van der Waals surface area contributed by atoms with Gasteiger partial charge < -0.3 is 14.8 Å². The molecule has 1 heterocycles. The standard InChI is InChI=1S/C16H31NO2/c1-4-6-17-15-9-12(2)8-13(3)16(15)19-11-14-5-7-18-10-14/h12-17H,4-11H2,1-3H3. The topological polar surface area (TPSA) is 30.5 Å². The minimum atomic E-state index is 0.392. The third-order valence-electron chi connectivity index (χ3n) is 4.59. The van der Waals surface area contributed by atoms with Crippen LogP contribution in [0.2, 0.25) is 0 Å². The molecule has 2 fully saturated rings. The van der Waals surface area contributed by atoms with Crippen LogP contribution in [-0.4, -0.2) is 38.5 Å². The summed E-state index contributed by atoms with van der Waals surface area (Å²) in [5, 5.41) is 3.70. The van der Waals surface area contributed by atoms with E-state index < -0.39 is 0 Å². The molecular weight excluding hydrogens is 238 g/mol. The lowest BCUT2D eigenvalue weighted by Crippen LogP contribution is -2.50. The van der Waals surface area contributed by atoms with Gasteiger partial charge in [0.1, 0.15) is 0 Å². The molecule has 2 rings (SSSR count). The molecule has 5 unspecified atom stereocenters. The average molecular weight is 269 g/mol. The second-order valence-corrected chi connectivity index (χ2v) is 6.64. The van der Waals surface area contributed by atoms with E-state index in [1.165, 1.54) is 25.7 Å². The van der Waals surface area contributed by atoms with Crippen LogP contribution in [0.15, 0.2) is 0 Å². The summed E-state index contributed by atoms with van der Waals surface area (Å²) >= 11 is 0. The Kier molecular flexibility index (Phi) is 6.11. The van der Waals surface area contributed by atoms with Crippen LogP contribution < -0.4 is 5.32 Å². The Hall–Kier alpha value is -0.120. The van der Waals surface area contributed by atoms with Crippen LogP contribution in [0.5, 0.6) is 0 Å². The largest absolute Gasteiger partial charge is 0.381 e. The van der Waals surface area contributed by atoms with Gasteiger partial charge in [0.05, 0.1) is 19.3 Å². The summed E-state index contributed by atoms with van der Waals surface area (Å²) in [7, 11) is 0. The molecule has 0 radical (unpaired) electrons. The van der Waals surface area contributed by atoms with Gasteiger partial charge in [0.2, 0.25) is 0 Å². The number of hydrogen-bond acceptors (Lipinski definition) is 3. The molecule has 1 saturated carbocycles. The molecule has 1 N–H and O–H groups in total. The van der Waals surface area contributed by atoms with Crippen LogP contribution in [0.3, 0.4) is 0 Å². The summed E-state index contributed by atoms with van der Waals surface area (Å²) in [6, 6.07) is 0.543. The van der Waals surface area contributed by atoms with Crippen LogP contribution >= 0.6 is 0 Å². The highest BCUT2D eigenvalue weighted by Gasteiger charge is 2.34. The van der Waals surface area contributed by atoms with E-state index in [-0.39, 0.29) is 0 Å². The van der Waals surface area contributed by atoms with Crippen LogP contribution in [0.25, 0.3) is 0 Å².